The Morgan fingerprint density at radius 1 is 1.27 bits per heavy atom. The lowest BCUT2D eigenvalue weighted by Gasteiger charge is -2.14. The Balaban J connectivity index is 2.15. The summed E-state index contributed by atoms with van der Waals surface area (Å²) in [5.41, 5.74) is 0. The van der Waals surface area contributed by atoms with Crippen molar-refractivity contribution in [1.29, 1.82) is 0 Å². The molecule has 0 amide bonds. The zero-order valence-electron chi connectivity index (χ0n) is 9.70. The van der Waals surface area contributed by atoms with Crippen molar-refractivity contribution >= 4 is 0 Å². The van der Waals surface area contributed by atoms with Gasteiger partial charge in [-0.3, -0.25) is 4.90 Å². The molecular weight excluding hydrogens is 190 g/mol. The van der Waals surface area contributed by atoms with E-state index in [0.717, 1.165) is 43.9 Å². The van der Waals surface area contributed by atoms with Crippen molar-refractivity contribution in [2.24, 2.45) is 0 Å². The molecule has 3 nitrogen and oxygen atoms in total. The SMILES string of the molecule is Cc1ccc(CN(C)CCCCCO)o1. The maximum absolute atomic E-state index is 8.64. The van der Waals surface area contributed by atoms with Gasteiger partial charge in [0.25, 0.3) is 0 Å². The predicted octanol–water partition coefficient (Wildman–Crippen LogP) is 2.18. The van der Waals surface area contributed by atoms with Gasteiger partial charge in [-0.1, -0.05) is 0 Å². The Hall–Kier alpha value is -0.800. The van der Waals surface area contributed by atoms with E-state index < -0.39 is 0 Å². The zero-order valence-corrected chi connectivity index (χ0v) is 9.70. The Morgan fingerprint density at radius 2 is 2.07 bits per heavy atom. The van der Waals surface area contributed by atoms with Gasteiger partial charge in [0.1, 0.15) is 11.5 Å². The van der Waals surface area contributed by atoms with E-state index in [2.05, 4.69) is 11.9 Å². The molecule has 0 saturated carbocycles. The number of hydrogen-bond acceptors (Lipinski definition) is 3. The van der Waals surface area contributed by atoms with E-state index in [1.807, 2.05) is 19.1 Å². The van der Waals surface area contributed by atoms with Crippen molar-refractivity contribution in [2.45, 2.75) is 32.7 Å². The Kier molecular flexibility index (Phi) is 5.43. The van der Waals surface area contributed by atoms with Gasteiger partial charge in [0.2, 0.25) is 0 Å². The van der Waals surface area contributed by atoms with Crippen molar-refractivity contribution in [1.82, 2.24) is 4.90 Å². The fraction of sp³-hybridized carbons (Fsp3) is 0.667. The summed E-state index contributed by atoms with van der Waals surface area (Å²) in [6.45, 7) is 4.19. The smallest absolute Gasteiger partial charge is 0.118 e. The molecule has 0 aliphatic rings. The lowest BCUT2D eigenvalue weighted by Crippen LogP contribution is -2.18. The molecule has 0 fully saturated rings. The standard InChI is InChI=1S/C12H21NO2/c1-11-6-7-12(15-11)10-13(2)8-4-3-5-9-14/h6-7,14H,3-5,8-10H2,1-2H3. The van der Waals surface area contributed by atoms with Crippen molar-refractivity contribution in [2.75, 3.05) is 20.2 Å². The van der Waals surface area contributed by atoms with Gasteiger partial charge in [-0.25, -0.2) is 0 Å². The van der Waals surface area contributed by atoms with E-state index in [1.54, 1.807) is 0 Å². The summed E-state index contributed by atoms with van der Waals surface area (Å²) in [5.74, 6) is 2.00. The molecule has 86 valence electrons. The summed E-state index contributed by atoms with van der Waals surface area (Å²) >= 11 is 0. The van der Waals surface area contributed by atoms with Gasteiger partial charge in [-0.05, 0) is 51.9 Å². The van der Waals surface area contributed by atoms with Crippen LogP contribution in [0.25, 0.3) is 0 Å². The second-order valence-electron chi connectivity index (χ2n) is 4.03. The number of aryl methyl sites for hydroxylation is 1. The molecule has 15 heavy (non-hydrogen) atoms. The first kappa shape index (κ1) is 12.3. The molecule has 0 saturated heterocycles. The third-order valence-electron chi connectivity index (χ3n) is 2.42. The minimum atomic E-state index is 0.307. The largest absolute Gasteiger partial charge is 0.465 e. The molecule has 0 unspecified atom stereocenters. The predicted molar refractivity (Wildman–Crippen MR) is 60.7 cm³/mol. The second kappa shape index (κ2) is 6.64. The van der Waals surface area contributed by atoms with Crippen LogP contribution >= 0.6 is 0 Å². The number of furan rings is 1. The summed E-state index contributed by atoms with van der Waals surface area (Å²) in [4.78, 5) is 2.25. The van der Waals surface area contributed by atoms with Crippen LogP contribution in [0.15, 0.2) is 16.5 Å². The van der Waals surface area contributed by atoms with E-state index >= 15 is 0 Å². The zero-order chi connectivity index (χ0) is 11.1. The number of aliphatic hydroxyl groups is 1. The third kappa shape index (κ3) is 5.00. The average Bonchev–Trinajstić information content (AvgIpc) is 2.59. The second-order valence-corrected chi connectivity index (χ2v) is 4.03. The first-order valence-corrected chi connectivity index (χ1v) is 5.57. The Labute approximate surface area is 91.7 Å². The monoisotopic (exact) mass is 211 g/mol. The Morgan fingerprint density at radius 3 is 2.67 bits per heavy atom. The van der Waals surface area contributed by atoms with E-state index in [0.29, 0.717) is 6.61 Å². The van der Waals surface area contributed by atoms with Crippen LogP contribution in [0.5, 0.6) is 0 Å². The highest BCUT2D eigenvalue weighted by atomic mass is 16.3. The summed E-state index contributed by atoms with van der Waals surface area (Å²) in [7, 11) is 2.09. The average molecular weight is 211 g/mol. The molecule has 3 heteroatoms. The normalized spacial score (nSPS) is 11.2. The number of aliphatic hydroxyl groups excluding tert-OH is 1. The minimum absolute atomic E-state index is 0.307. The molecule has 1 rings (SSSR count). The highest BCUT2D eigenvalue weighted by molar-refractivity contribution is 5.05. The first-order chi connectivity index (χ1) is 7.22. The van der Waals surface area contributed by atoms with Crippen molar-refractivity contribution in [3.8, 4) is 0 Å². The minimum Gasteiger partial charge on any atom is -0.465 e. The van der Waals surface area contributed by atoms with E-state index in [4.69, 9.17) is 9.52 Å². The van der Waals surface area contributed by atoms with Gasteiger partial charge in [0, 0.05) is 6.61 Å². The quantitative estimate of drug-likeness (QED) is 0.702. The van der Waals surface area contributed by atoms with Gasteiger partial charge in [-0.15, -0.1) is 0 Å². The van der Waals surface area contributed by atoms with Crippen LogP contribution in [0, 0.1) is 6.92 Å². The third-order valence-corrected chi connectivity index (χ3v) is 2.42. The topological polar surface area (TPSA) is 36.6 Å². The van der Waals surface area contributed by atoms with E-state index in [-0.39, 0.29) is 0 Å². The molecular formula is C12H21NO2. The molecule has 1 aromatic rings. The number of rotatable bonds is 7. The van der Waals surface area contributed by atoms with Crippen molar-refractivity contribution in [3.05, 3.63) is 23.7 Å². The summed E-state index contributed by atoms with van der Waals surface area (Å²) in [6.07, 6.45) is 3.14. The summed E-state index contributed by atoms with van der Waals surface area (Å²) in [6, 6.07) is 4.02. The van der Waals surface area contributed by atoms with Crippen LogP contribution in [0.3, 0.4) is 0 Å². The summed E-state index contributed by atoms with van der Waals surface area (Å²) < 4.78 is 5.50. The van der Waals surface area contributed by atoms with Crippen molar-refractivity contribution < 1.29 is 9.52 Å². The molecule has 0 spiro atoms. The van der Waals surface area contributed by atoms with Gasteiger partial charge in [0.05, 0.1) is 6.54 Å². The molecule has 1 N–H and O–H groups in total. The van der Waals surface area contributed by atoms with E-state index in [1.165, 1.54) is 0 Å². The van der Waals surface area contributed by atoms with Crippen LogP contribution in [-0.4, -0.2) is 30.2 Å². The maximum Gasteiger partial charge on any atom is 0.118 e. The Bertz CT molecular complexity index is 270. The fourth-order valence-corrected chi connectivity index (χ4v) is 1.59. The molecule has 1 heterocycles. The van der Waals surface area contributed by atoms with Gasteiger partial charge in [0.15, 0.2) is 0 Å². The van der Waals surface area contributed by atoms with Crippen LogP contribution in [-0.2, 0) is 6.54 Å². The number of hydrogen-bond donors (Lipinski definition) is 1. The van der Waals surface area contributed by atoms with Gasteiger partial charge >= 0.3 is 0 Å². The molecule has 0 bridgehead atoms. The van der Waals surface area contributed by atoms with Gasteiger partial charge < -0.3 is 9.52 Å². The molecule has 0 aromatic carbocycles. The molecule has 0 atom stereocenters. The highest BCUT2D eigenvalue weighted by Crippen LogP contribution is 2.09. The lowest BCUT2D eigenvalue weighted by molar-refractivity contribution is 0.263. The van der Waals surface area contributed by atoms with Crippen LogP contribution in [0.1, 0.15) is 30.8 Å². The van der Waals surface area contributed by atoms with Crippen molar-refractivity contribution in [3.63, 3.8) is 0 Å². The number of nitrogens with zero attached hydrogens (tertiary/aromatic N) is 1. The first-order valence-electron chi connectivity index (χ1n) is 5.57. The molecule has 0 aliphatic heterocycles. The van der Waals surface area contributed by atoms with Gasteiger partial charge in [-0.2, -0.15) is 0 Å². The molecule has 0 radical (unpaired) electrons. The fourth-order valence-electron chi connectivity index (χ4n) is 1.59. The van der Waals surface area contributed by atoms with Crippen LogP contribution in [0.2, 0.25) is 0 Å². The number of unbranched alkanes of at least 4 members (excludes halogenated alkanes) is 2. The molecule has 0 aliphatic carbocycles. The summed E-state index contributed by atoms with van der Waals surface area (Å²) in [5, 5.41) is 8.64. The molecule has 1 aromatic heterocycles. The van der Waals surface area contributed by atoms with Crippen LogP contribution in [0.4, 0.5) is 0 Å². The maximum atomic E-state index is 8.64. The van der Waals surface area contributed by atoms with E-state index in [9.17, 15) is 0 Å². The highest BCUT2D eigenvalue weighted by Gasteiger charge is 2.03. The van der Waals surface area contributed by atoms with Crippen LogP contribution < -0.4 is 0 Å². The lowest BCUT2D eigenvalue weighted by atomic mass is 10.2.